The number of benzene rings is 2. The minimum atomic E-state index is -0.537. The molecule has 2 aromatic rings. The average molecular weight is 255 g/mol. The summed E-state index contributed by atoms with van der Waals surface area (Å²) in [7, 11) is 0. The Morgan fingerprint density at radius 1 is 1.26 bits per heavy atom. The molecule has 5 heteroatoms. The number of carbonyl (C=O) groups is 1. The van der Waals surface area contributed by atoms with Crippen LogP contribution in [0, 0.1) is 17.1 Å². The van der Waals surface area contributed by atoms with Gasteiger partial charge in [0.1, 0.15) is 5.82 Å². The lowest BCUT2D eigenvalue weighted by molar-refractivity contribution is 0.102. The van der Waals surface area contributed by atoms with Gasteiger partial charge in [0.15, 0.2) is 0 Å². The Kier molecular flexibility index (Phi) is 3.44. The molecule has 94 valence electrons. The van der Waals surface area contributed by atoms with Gasteiger partial charge in [0.05, 0.1) is 17.2 Å². The third kappa shape index (κ3) is 2.87. The maximum Gasteiger partial charge on any atom is 0.257 e. The first kappa shape index (κ1) is 12.6. The maximum atomic E-state index is 13.1. The van der Waals surface area contributed by atoms with Gasteiger partial charge < -0.3 is 11.1 Å². The van der Waals surface area contributed by atoms with Gasteiger partial charge in [-0.3, -0.25) is 4.79 Å². The van der Waals surface area contributed by atoms with E-state index in [0.717, 1.165) is 6.07 Å². The molecule has 0 radical (unpaired) electrons. The molecule has 19 heavy (non-hydrogen) atoms. The number of halogens is 1. The average Bonchev–Trinajstić information content (AvgIpc) is 2.41. The van der Waals surface area contributed by atoms with Crippen LogP contribution in [0.1, 0.15) is 15.9 Å². The van der Waals surface area contributed by atoms with E-state index in [1.54, 1.807) is 18.2 Å². The fourth-order valence-electron chi connectivity index (χ4n) is 1.59. The van der Waals surface area contributed by atoms with Crippen LogP contribution in [0.4, 0.5) is 15.8 Å². The molecule has 4 nitrogen and oxygen atoms in total. The van der Waals surface area contributed by atoms with Crippen molar-refractivity contribution in [3.8, 4) is 6.07 Å². The molecular weight excluding hydrogens is 245 g/mol. The van der Waals surface area contributed by atoms with Crippen LogP contribution >= 0.6 is 0 Å². The second-order valence-electron chi connectivity index (χ2n) is 3.88. The Bertz CT molecular complexity index is 677. The van der Waals surface area contributed by atoms with E-state index in [9.17, 15) is 9.18 Å². The summed E-state index contributed by atoms with van der Waals surface area (Å²) in [6.07, 6.45) is 0. The molecule has 2 rings (SSSR count). The topological polar surface area (TPSA) is 78.9 Å². The minimum Gasteiger partial charge on any atom is -0.398 e. The minimum absolute atomic E-state index is 0.0577. The Balaban J connectivity index is 2.26. The van der Waals surface area contributed by atoms with Gasteiger partial charge in [-0.15, -0.1) is 0 Å². The first-order chi connectivity index (χ1) is 9.10. The lowest BCUT2D eigenvalue weighted by atomic mass is 10.1. The monoisotopic (exact) mass is 255 g/mol. The summed E-state index contributed by atoms with van der Waals surface area (Å²) in [5, 5.41) is 11.3. The van der Waals surface area contributed by atoms with Crippen molar-refractivity contribution < 1.29 is 9.18 Å². The smallest absolute Gasteiger partial charge is 0.257 e. The molecule has 0 aromatic heterocycles. The summed E-state index contributed by atoms with van der Waals surface area (Å²) in [4.78, 5) is 11.9. The molecule has 0 unspecified atom stereocenters. The third-order valence-corrected chi connectivity index (χ3v) is 2.51. The van der Waals surface area contributed by atoms with E-state index in [1.807, 2.05) is 6.07 Å². The van der Waals surface area contributed by atoms with Crippen molar-refractivity contribution in [2.75, 3.05) is 11.1 Å². The van der Waals surface area contributed by atoms with Crippen molar-refractivity contribution in [2.45, 2.75) is 0 Å². The number of nitrogens with one attached hydrogen (secondary N) is 1. The molecular formula is C14H10FN3O. The first-order valence-electron chi connectivity index (χ1n) is 5.46. The first-order valence-corrected chi connectivity index (χ1v) is 5.46. The fraction of sp³-hybridized carbons (Fsp3) is 0. The highest BCUT2D eigenvalue weighted by molar-refractivity contribution is 6.07. The summed E-state index contributed by atoms with van der Waals surface area (Å²) < 4.78 is 13.1. The number of nitrogens with two attached hydrogens (primary N) is 1. The number of amides is 1. The number of anilines is 2. The van der Waals surface area contributed by atoms with Crippen LogP contribution in [-0.2, 0) is 0 Å². The van der Waals surface area contributed by atoms with Crippen LogP contribution in [0.2, 0.25) is 0 Å². The van der Waals surface area contributed by atoms with Gasteiger partial charge >= 0.3 is 0 Å². The van der Waals surface area contributed by atoms with Gasteiger partial charge in [-0.05, 0) is 36.4 Å². The van der Waals surface area contributed by atoms with Gasteiger partial charge in [-0.2, -0.15) is 5.26 Å². The number of hydrogen-bond donors (Lipinski definition) is 2. The highest BCUT2D eigenvalue weighted by Crippen LogP contribution is 2.16. The number of nitrogens with zero attached hydrogens (tertiary/aromatic N) is 1. The van der Waals surface area contributed by atoms with E-state index in [1.165, 1.54) is 18.2 Å². The quantitative estimate of drug-likeness (QED) is 0.809. The molecule has 0 saturated carbocycles. The Hall–Kier alpha value is -2.87. The molecule has 0 bridgehead atoms. The van der Waals surface area contributed by atoms with E-state index in [4.69, 9.17) is 11.0 Å². The van der Waals surface area contributed by atoms with Crippen LogP contribution < -0.4 is 11.1 Å². The van der Waals surface area contributed by atoms with Crippen molar-refractivity contribution in [3.63, 3.8) is 0 Å². The Morgan fingerprint density at radius 3 is 2.79 bits per heavy atom. The van der Waals surface area contributed by atoms with E-state index >= 15 is 0 Å². The van der Waals surface area contributed by atoms with Gasteiger partial charge in [0, 0.05) is 11.4 Å². The molecule has 0 aliphatic rings. The second kappa shape index (κ2) is 5.19. The Labute approximate surface area is 109 Å². The standard InChI is InChI=1S/C14H10FN3O/c15-10-4-5-13(17)12(7-10)14(19)18-11-3-1-2-9(6-11)8-16/h1-7H,17H2,(H,18,19). The van der Waals surface area contributed by atoms with E-state index in [0.29, 0.717) is 11.3 Å². The molecule has 1 amide bonds. The summed E-state index contributed by atoms with van der Waals surface area (Å²) in [6, 6.07) is 12.0. The molecule has 0 aliphatic carbocycles. The summed E-state index contributed by atoms with van der Waals surface area (Å²) >= 11 is 0. The van der Waals surface area contributed by atoms with E-state index < -0.39 is 11.7 Å². The zero-order valence-electron chi connectivity index (χ0n) is 9.85. The fourth-order valence-corrected chi connectivity index (χ4v) is 1.59. The molecule has 0 heterocycles. The highest BCUT2D eigenvalue weighted by Gasteiger charge is 2.11. The van der Waals surface area contributed by atoms with Crippen LogP contribution in [0.5, 0.6) is 0 Å². The van der Waals surface area contributed by atoms with Crippen molar-refractivity contribution in [1.82, 2.24) is 0 Å². The van der Waals surface area contributed by atoms with Gasteiger partial charge in [0.2, 0.25) is 0 Å². The van der Waals surface area contributed by atoms with Crippen molar-refractivity contribution in [1.29, 1.82) is 5.26 Å². The molecule has 0 fully saturated rings. The second-order valence-corrected chi connectivity index (χ2v) is 3.88. The normalized spacial score (nSPS) is 9.68. The van der Waals surface area contributed by atoms with Gasteiger partial charge in [-0.25, -0.2) is 4.39 Å². The Morgan fingerprint density at radius 2 is 2.05 bits per heavy atom. The van der Waals surface area contributed by atoms with Crippen LogP contribution in [0.25, 0.3) is 0 Å². The zero-order chi connectivity index (χ0) is 13.8. The molecule has 3 N–H and O–H groups in total. The predicted molar refractivity (Wildman–Crippen MR) is 69.9 cm³/mol. The SMILES string of the molecule is N#Cc1cccc(NC(=O)c2cc(F)ccc2N)c1. The summed E-state index contributed by atoms with van der Waals surface area (Å²) in [5.74, 6) is -1.06. The van der Waals surface area contributed by atoms with Gasteiger partial charge in [0.25, 0.3) is 5.91 Å². The summed E-state index contributed by atoms with van der Waals surface area (Å²) in [5.41, 5.74) is 6.74. The van der Waals surface area contributed by atoms with Crippen molar-refractivity contribution >= 4 is 17.3 Å². The third-order valence-electron chi connectivity index (χ3n) is 2.51. The van der Waals surface area contributed by atoms with E-state index in [-0.39, 0.29) is 11.3 Å². The highest BCUT2D eigenvalue weighted by atomic mass is 19.1. The van der Waals surface area contributed by atoms with Crippen LogP contribution in [0.3, 0.4) is 0 Å². The number of nitrogen functional groups attached to an aromatic ring is 1. The van der Waals surface area contributed by atoms with Crippen LogP contribution in [0.15, 0.2) is 42.5 Å². The predicted octanol–water partition coefficient (Wildman–Crippen LogP) is 2.53. The van der Waals surface area contributed by atoms with E-state index in [2.05, 4.69) is 5.32 Å². The van der Waals surface area contributed by atoms with Crippen LogP contribution in [-0.4, -0.2) is 5.91 Å². The van der Waals surface area contributed by atoms with Crippen molar-refractivity contribution in [3.05, 3.63) is 59.4 Å². The summed E-state index contributed by atoms with van der Waals surface area (Å²) in [6.45, 7) is 0. The molecule has 2 aromatic carbocycles. The van der Waals surface area contributed by atoms with Crippen molar-refractivity contribution in [2.24, 2.45) is 0 Å². The lowest BCUT2D eigenvalue weighted by Crippen LogP contribution is -2.14. The van der Waals surface area contributed by atoms with Gasteiger partial charge in [-0.1, -0.05) is 6.07 Å². The number of hydrogen-bond acceptors (Lipinski definition) is 3. The molecule has 0 spiro atoms. The number of nitriles is 1. The molecule has 0 atom stereocenters. The maximum absolute atomic E-state index is 13.1. The number of rotatable bonds is 2. The number of carbonyl (C=O) groups excluding carboxylic acids is 1. The zero-order valence-corrected chi connectivity index (χ0v) is 9.85. The molecule has 0 aliphatic heterocycles. The molecule has 0 saturated heterocycles. The largest absolute Gasteiger partial charge is 0.398 e. The lowest BCUT2D eigenvalue weighted by Gasteiger charge is -2.07.